The van der Waals surface area contributed by atoms with Gasteiger partial charge in [0.15, 0.2) is 5.82 Å². The van der Waals surface area contributed by atoms with Gasteiger partial charge in [0, 0.05) is 41.5 Å². The van der Waals surface area contributed by atoms with Crippen molar-refractivity contribution in [3.63, 3.8) is 0 Å². The monoisotopic (exact) mass is 282 g/mol. The van der Waals surface area contributed by atoms with Crippen molar-refractivity contribution in [3.05, 3.63) is 41.5 Å². The van der Waals surface area contributed by atoms with E-state index < -0.39 is 0 Å². The molecule has 0 saturated heterocycles. The summed E-state index contributed by atoms with van der Waals surface area (Å²) in [5.41, 5.74) is 4.84. The molecule has 3 rings (SSSR count). The summed E-state index contributed by atoms with van der Waals surface area (Å²) < 4.78 is 0. The van der Waals surface area contributed by atoms with Crippen LogP contribution in [0.25, 0.3) is 11.4 Å². The lowest BCUT2D eigenvalue weighted by atomic mass is 9.74. The molecular weight excluding hydrogens is 260 g/mol. The predicted octanol–water partition coefficient (Wildman–Crippen LogP) is 3.08. The molecule has 4 nitrogen and oxygen atoms in total. The second-order valence-corrected chi connectivity index (χ2v) is 6.67. The van der Waals surface area contributed by atoms with Gasteiger partial charge in [-0.1, -0.05) is 13.8 Å². The van der Waals surface area contributed by atoms with Gasteiger partial charge in [-0.25, -0.2) is 9.97 Å². The number of aromatic nitrogens is 3. The van der Waals surface area contributed by atoms with Crippen LogP contribution in [0.4, 0.5) is 0 Å². The van der Waals surface area contributed by atoms with Gasteiger partial charge in [0.05, 0.1) is 0 Å². The second-order valence-electron chi connectivity index (χ2n) is 6.67. The fourth-order valence-corrected chi connectivity index (χ4v) is 3.13. The number of nitrogens with zero attached hydrogens (tertiary/aromatic N) is 3. The minimum Gasteiger partial charge on any atom is -0.313 e. The Morgan fingerprint density at radius 1 is 1.29 bits per heavy atom. The van der Waals surface area contributed by atoms with E-state index in [0.29, 0.717) is 6.04 Å². The average molecular weight is 282 g/mol. The van der Waals surface area contributed by atoms with E-state index in [1.165, 1.54) is 11.3 Å². The Morgan fingerprint density at radius 3 is 2.81 bits per heavy atom. The molecule has 0 radical (unpaired) electrons. The van der Waals surface area contributed by atoms with Crippen LogP contribution in [0.15, 0.2) is 24.7 Å². The Hall–Kier alpha value is -1.81. The molecule has 0 bridgehead atoms. The van der Waals surface area contributed by atoms with Gasteiger partial charge in [-0.15, -0.1) is 0 Å². The van der Waals surface area contributed by atoms with Gasteiger partial charge in [-0.3, -0.25) is 4.98 Å². The molecule has 1 unspecified atom stereocenters. The second kappa shape index (κ2) is 5.19. The highest BCUT2D eigenvalue weighted by molar-refractivity contribution is 5.58. The summed E-state index contributed by atoms with van der Waals surface area (Å²) in [7, 11) is 2.01. The lowest BCUT2D eigenvalue weighted by Crippen LogP contribution is -2.32. The molecule has 0 fully saturated rings. The van der Waals surface area contributed by atoms with Gasteiger partial charge in [-0.2, -0.15) is 0 Å². The normalized spacial score (nSPS) is 20.1. The quantitative estimate of drug-likeness (QED) is 0.919. The van der Waals surface area contributed by atoms with E-state index in [2.05, 4.69) is 36.1 Å². The summed E-state index contributed by atoms with van der Waals surface area (Å²) in [6, 6.07) is 2.34. The van der Waals surface area contributed by atoms with E-state index in [1.54, 1.807) is 6.20 Å². The highest BCUT2D eigenvalue weighted by Gasteiger charge is 2.32. The Labute approximate surface area is 126 Å². The maximum absolute atomic E-state index is 4.85. The van der Waals surface area contributed by atoms with Gasteiger partial charge < -0.3 is 5.32 Å². The van der Waals surface area contributed by atoms with Crippen LogP contribution in [0.1, 0.15) is 43.1 Å². The molecule has 2 aromatic rings. The Bertz CT molecular complexity index is 664. The van der Waals surface area contributed by atoms with Crippen molar-refractivity contribution in [2.75, 3.05) is 7.05 Å². The van der Waals surface area contributed by atoms with Crippen LogP contribution < -0.4 is 5.32 Å². The van der Waals surface area contributed by atoms with Crippen molar-refractivity contribution in [3.8, 4) is 11.4 Å². The number of hydrogen-bond acceptors (Lipinski definition) is 4. The van der Waals surface area contributed by atoms with Gasteiger partial charge in [0.2, 0.25) is 0 Å². The zero-order valence-corrected chi connectivity index (χ0v) is 13.1. The summed E-state index contributed by atoms with van der Waals surface area (Å²) in [4.78, 5) is 13.6. The molecule has 4 heteroatoms. The molecule has 0 amide bonds. The van der Waals surface area contributed by atoms with E-state index >= 15 is 0 Å². The Kier molecular flexibility index (Phi) is 3.49. The largest absolute Gasteiger partial charge is 0.313 e. The van der Waals surface area contributed by atoms with Crippen molar-refractivity contribution in [1.82, 2.24) is 20.3 Å². The topological polar surface area (TPSA) is 50.7 Å². The van der Waals surface area contributed by atoms with Gasteiger partial charge in [0.1, 0.15) is 0 Å². The highest BCUT2D eigenvalue weighted by Crippen LogP contribution is 2.40. The summed E-state index contributed by atoms with van der Waals surface area (Å²) >= 11 is 0. The van der Waals surface area contributed by atoms with E-state index in [9.17, 15) is 0 Å². The zero-order valence-electron chi connectivity index (χ0n) is 13.1. The fraction of sp³-hybridized carbons (Fsp3) is 0.471. The lowest BCUT2D eigenvalue weighted by Gasteiger charge is -2.36. The fourth-order valence-electron chi connectivity index (χ4n) is 3.13. The maximum atomic E-state index is 4.85. The Balaban J connectivity index is 2.07. The minimum atomic E-state index is 0.260. The van der Waals surface area contributed by atoms with E-state index in [-0.39, 0.29) is 5.41 Å². The highest BCUT2D eigenvalue weighted by atomic mass is 14.9. The van der Waals surface area contributed by atoms with Crippen LogP contribution in [0.3, 0.4) is 0 Å². The summed E-state index contributed by atoms with van der Waals surface area (Å²) in [5.74, 6) is 0.784. The summed E-state index contributed by atoms with van der Waals surface area (Å²) in [6.45, 7) is 6.68. The van der Waals surface area contributed by atoms with Crippen LogP contribution in [-0.2, 0) is 6.42 Å². The van der Waals surface area contributed by atoms with Crippen LogP contribution in [-0.4, -0.2) is 22.0 Å². The molecule has 0 aliphatic heterocycles. The number of nitrogens with one attached hydrogen (secondary N) is 1. The zero-order chi connectivity index (χ0) is 15.0. The van der Waals surface area contributed by atoms with Crippen molar-refractivity contribution in [1.29, 1.82) is 0 Å². The van der Waals surface area contributed by atoms with Crippen molar-refractivity contribution < 1.29 is 0 Å². The third-order valence-electron chi connectivity index (χ3n) is 4.31. The average Bonchev–Trinajstić information content (AvgIpc) is 2.45. The lowest BCUT2D eigenvalue weighted by molar-refractivity contribution is 0.260. The van der Waals surface area contributed by atoms with E-state index in [4.69, 9.17) is 4.98 Å². The van der Waals surface area contributed by atoms with Gasteiger partial charge in [0.25, 0.3) is 0 Å². The SMILES string of the molecule is CNC1CC(C)(C)Cc2nc(-c3cnccc3C)ncc21. The maximum Gasteiger partial charge on any atom is 0.161 e. The molecule has 2 heterocycles. The molecule has 110 valence electrons. The summed E-state index contributed by atoms with van der Waals surface area (Å²) in [5, 5.41) is 3.39. The molecule has 1 aliphatic carbocycles. The molecule has 1 N–H and O–H groups in total. The van der Waals surface area contributed by atoms with E-state index in [1.807, 2.05) is 25.5 Å². The van der Waals surface area contributed by atoms with Crippen LogP contribution in [0.5, 0.6) is 0 Å². The van der Waals surface area contributed by atoms with Gasteiger partial charge >= 0.3 is 0 Å². The number of rotatable bonds is 2. The number of hydrogen-bond donors (Lipinski definition) is 1. The van der Waals surface area contributed by atoms with Crippen LogP contribution in [0.2, 0.25) is 0 Å². The minimum absolute atomic E-state index is 0.260. The summed E-state index contributed by atoms with van der Waals surface area (Å²) in [6.07, 6.45) is 7.75. The third-order valence-corrected chi connectivity index (χ3v) is 4.31. The standard InChI is InChI=1S/C17H22N4/c1-11-5-6-19-9-12(11)16-20-10-13-14(18-4)7-17(2,3)8-15(13)21-16/h5-6,9-10,14,18H,7-8H2,1-4H3. The van der Waals surface area contributed by atoms with Crippen LogP contribution >= 0.6 is 0 Å². The number of fused-ring (bicyclic) bond motifs is 1. The molecule has 1 aliphatic rings. The number of aryl methyl sites for hydroxylation is 1. The molecule has 0 spiro atoms. The molecule has 0 saturated carbocycles. The first kappa shape index (κ1) is 14.1. The van der Waals surface area contributed by atoms with Crippen molar-refractivity contribution in [2.45, 2.75) is 39.7 Å². The first-order valence-electron chi connectivity index (χ1n) is 7.44. The van der Waals surface area contributed by atoms with Crippen LogP contribution in [0, 0.1) is 12.3 Å². The molecular formula is C17H22N4. The van der Waals surface area contributed by atoms with E-state index in [0.717, 1.165) is 29.8 Å². The van der Waals surface area contributed by atoms with Crippen molar-refractivity contribution in [2.24, 2.45) is 5.41 Å². The van der Waals surface area contributed by atoms with Crippen molar-refractivity contribution >= 4 is 0 Å². The van der Waals surface area contributed by atoms with Gasteiger partial charge in [-0.05, 0) is 43.9 Å². The first-order valence-corrected chi connectivity index (χ1v) is 7.44. The number of pyridine rings is 1. The predicted molar refractivity (Wildman–Crippen MR) is 83.9 cm³/mol. The molecule has 0 aromatic carbocycles. The smallest absolute Gasteiger partial charge is 0.161 e. The first-order chi connectivity index (χ1) is 10.00. The third kappa shape index (κ3) is 2.68. The Morgan fingerprint density at radius 2 is 2.10 bits per heavy atom. The molecule has 1 atom stereocenters. The molecule has 2 aromatic heterocycles. The molecule has 21 heavy (non-hydrogen) atoms.